The number of nitrogens with one attached hydrogen (secondary N) is 2. The van der Waals surface area contributed by atoms with Crippen molar-refractivity contribution >= 4 is 29.4 Å². The number of hydrogen-bond donors (Lipinski definition) is 2. The molecule has 8 heteroatoms. The van der Waals surface area contributed by atoms with Crippen LogP contribution in [0.3, 0.4) is 0 Å². The minimum atomic E-state index is -0.872. The van der Waals surface area contributed by atoms with E-state index in [-0.39, 0.29) is 11.8 Å². The molecular formula is C19H22N4O4. The van der Waals surface area contributed by atoms with Crippen molar-refractivity contribution in [2.24, 2.45) is 0 Å². The Morgan fingerprint density at radius 1 is 1.00 bits per heavy atom. The first-order valence-corrected chi connectivity index (χ1v) is 9.38. The van der Waals surface area contributed by atoms with E-state index in [1.54, 1.807) is 29.2 Å². The molecule has 0 bridgehead atoms. The van der Waals surface area contributed by atoms with Crippen LogP contribution in [0.15, 0.2) is 24.3 Å². The molecule has 3 aliphatic rings. The Bertz CT molecular complexity index is 798. The van der Waals surface area contributed by atoms with E-state index in [0.29, 0.717) is 31.4 Å². The predicted octanol–water partition coefficient (Wildman–Crippen LogP) is 1.71. The van der Waals surface area contributed by atoms with Crippen molar-refractivity contribution in [3.05, 3.63) is 29.8 Å². The van der Waals surface area contributed by atoms with Crippen LogP contribution in [0.1, 0.15) is 55.3 Å². The van der Waals surface area contributed by atoms with Crippen LogP contribution in [0, 0.1) is 0 Å². The molecule has 0 atom stereocenters. The van der Waals surface area contributed by atoms with Gasteiger partial charge in [-0.05, 0) is 43.5 Å². The average molecular weight is 370 g/mol. The molecule has 2 N–H and O–H groups in total. The molecule has 27 heavy (non-hydrogen) atoms. The number of carbonyl (C=O) groups is 4. The third-order valence-electron chi connectivity index (χ3n) is 5.60. The maximum Gasteiger partial charge on any atom is 0.344 e. The number of urea groups is 1. The highest BCUT2D eigenvalue weighted by atomic mass is 16.2. The second-order valence-corrected chi connectivity index (χ2v) is 7.35. The fourth-order valence-electron chi connectivity index (χ4n) is 4.10. The number of hydrogen-bond acceptors (Lipinski definition) is 4. The van der Waals surface area contributed by atoms with E-state index in [0.717, 1.165) is 36.4 Å². The molecule has 2 saturated heterocycles. The Kier molecular flexibility index (Phi) is 4.33. The van der Waals surface area contributed by atoms with Crippen molar-refractivity contribution in [3.63, 3.8) is 0 Å². The molecule has 4 rings (SSSR count). The van der Waals surface area contributed by atoms with E-state index in [2.05, 4.69) is 10.7 Å². The van der Waals surface area contributed by atoms with Crippen molar-refractivity contribution in [1.29, 1.82) is 0 Å². The first-order valence-electron chi connectivity index (χ1n) is 9.38. The lowest BCUT2D eigenvalue weighted by Gasteiger charge is -2.30. The fourth-order valence-corrected chi connectivity index (χ4v) is 4.10. The van der Waals surface area contributed by atoms with Crippen molar-refractivity contribution < 1.29 is 19.2 Å². The number of benzene rings is 1. The van der Waals surface area contributed by atoms with Gasteiger partial charge in [-0.25, -0.2) is 4.79 Å². The standard InChI is InChI=1S/C19H22N4O4/c24-15-5-4-12-22(15)14-8-6-13(7-9-14)16(25)21-23-17(26)19(20-18(23)27)10-2-1-3-11-19/h6-9H,1-5,10-12H2,(H,20,27)(H,21,25). The molecular weight excluding hydrogens is 348 g/mol. The number of nitrogens with zero attached hydrogens (tertiary/aromatic N) is 2. The molecule has 0 radical (unpaired) electrons. The van der Waals surface area contributed by atoms with Gasteiger partial charge < -0.3 is 10.2 Å². The van der Waals surface area contributed by atoms with Crippen LogP contribution in [-0.4, -0.2) is 40.8 Å². The molecule has 1 spiro atoms. The van der Waals surface area contributed by atoms with Crippen molar-refractivity contribution in [1.82, 2.24) is 15.8 Å². The van der Waals surface area contributed by atoms with Gasteiger partial charge in [0.2, 0.25) is 5.91 Å². The van der Waals surface area contributed by atoms with Crippen LogP contribution in [0.2, 0.25) is 0 Å². The Labute approximate surface area is 156 Å². The summed E-state index contributed by atoms with van der Waals surface area (Å²) in [4.78, 5) is 50.9. The Morgan fingerprint density at radius 2 is 1.70 bits per heavy atom. The first kappa shape index (κ1) is 17.5. The maximum atomic E-state index is 12.7. The maximum absolute atomic E-state index is 12.7. The zero-order chi connectivity index (χ0) is 19.0. The summed E-state index contributed by atoms with van der Waals surface area (Å²) < 4.78 is 0. The molecule has 1 saturated carbocycles. The SMILES string of the molecule is O=C(NN1C(=O)NC2(CCCCC2)C1=O)c1ccc(N2CCCC2=O)cc1. The number of anilines is 1. The molecule has 2 aliphatic heterocycles. The third-order valence-corrected chi connectivity index (χ3v) is 5.60. The van der Waals surface area contributed by atoms with E-state index < -0.39 is 17.5 Å². The van der Waals surface area contributed by atoms with Gasteiger partial charge in [0.1, 0.15) is 5.54 Å². The molecule has 2 heterocycles. The summed E-state index contributed by atoms with van der Waals surface area (Å²) in [7, 11) is 0. The largest absolute Gasteiger partial charge is 0.344 e. The summed E-state index contributed by atoms with van der Waals surface area (Å²) in [6, 6.07) is 5.99. The fraction of sp³-hybridized carbons (Fsp3) is 0.474. The first-order chi connectivity index (χ1) is 13.0. The van der Waals surface area contributed by atoms with Crippen molar-refractivity contribution in [3.8, 4) is 0 Å². The minimum Gasteiger partial charge on any atom is -0.322 e. The smallest absolute Gasteiger partial charge is 0.322 e. The summed E-state index contributed by atoms with van der Waals surface area (Å²) >= 11 is 0. The van der Waals surface area contributed by atoms with Gasteiger partial charge in [-0.15, -0.1) is 0 Å². The van der Waals surface area contributed by atoms with Gasteiger partial charge in [0.05, 0.1) is 0 Å². The number of rotatable bonds is 3. The van der Waals surface area contributed by atoms with E-state index in [9.17, 15) is 19.2 Å². The predicted molar refractivity (Wildman–Crippen MR) is 96.7 cm³/mol. The zero-order valence-electron chi connectivity index (χ0n) is 15.0. The summed E-state index contributed by atoms with van der Waals surface area (Å²) in [6.45, 7) is 0.676. The molecule has 5 amide bonds. The number of hydrazine groups is 1. The third kappa shape index (κ3) is 3.05. The molecule has 8 nitrogen and oxygen atoms in total. The van der Waals surface area contributed by atoms with Gasteiger partial charge >= 0.3 is 6.03 Å². The van der Waals surface area contributed by atoms with Crippen molar-refractivity contribution in [2.45, 2.75) is 50.5 Å². The second kappa shape index (κ2) is 6.68. The summed E-state index contributed by atoms with van der Waals surface area (Å²) in [5, 5.41) is 3.55. The summed E-state index contributed by atoms with van der Waals surface area (Å²) in [5.41, 5.74) is 2.60. The van der Waals surface area contributed by atoms with Gasteiger partial charge in [-0.2, -0.15) is 5.01 Å². The quantitative estimate of drug-likeness (QED) is 0.792. The van der Waals surface area contributed by atoms with Crippen LogP contribution in [0.4, 0.5) is 10.5 Å². The van der Waals surface area contributed by atoms with E-state index >= 15 is 0 Å². The number of carbonyl (C=O) groups excluding carboxylic acids is 4. The van der Waals surface area contributed by atoms with E-state index in [1.165, 1.54) is 0 Å². The Morgan fingerprint density at radius 3 is 2.33 bits per heavy atom. The lowest BCUT2D eigenvalue weighted by Crippen LogP contribution is -2.50. The highest BCUT2D eigenvalue weighted by Gasteiger charge is 2.52. The normalized spacial score (nSPS) is 21.7. The monoisotopic (exact) mass is 370 g/mol. The van der Waals surface area contributed by atoms with E-state index in [4.69, 9.17) is 0 Å². The van der Waals surface area contributed by atoms with Crippen LogP contribution in [0.5, 0.6) is 0 Å². The topological polar surface area (TPSA) is 98.8 Å². The number of imide groups is 1. The molecule has 1 aromatic rings. The lowest BCUT2D eigenvalue weighted by molar-refractivity contribution is -0.134. The highest BCUT2D eigenvalue weighted by Crippen LogP contribution is 2.33. The van der Waals surface area contributed by atoms with Crippen molar-refractivity contribution in [2.75, 3.05) is 11.4 Å². The lowest BCUT2D eigenvalue weighted by atomic mass is 9.82. The van der Waals surface area contributed by atoms with Gasteiger partial charge in [0.15, 0.2) is 0 Å². The Balaban J connectivity index is 1.45. The molecule has 0 unspecified atom stereocenters. The highest BCUT2D eigenvalue weighted by molar-refractivity contribution is 6.09. The zero-order valence-corrected chi connectivity index (χ0v) is 15.0. The van der Waals surface area contributed by atoms with Crippen LogP contribution < -0.4 is 15.6 Å². The summed E-state index contributed by atoms with van der Waals surface area (Å²) in [5.74, 6) is -0.852. The van der Waals surface area contributed by atoms with Crippen LogP contribution in [-0.2, 0) is 9.59 Å². The molecule has 1 aromatic carbocycles. The minimum absolute atomic E-state index is 0.0734. The molecule has 0 aromatic heterocycles. The van der Waals surface area contributed by atoms with Gasteiger partial charge in [-0.3, -0.25) is 19.8 Å². The molecule has 1 aliphatic carbocycles. The Hall–Kier alpha value is -2.90. The molecule has 3 fully saturated rings. The number of amides is 5. The van der Waals surface area contributed by atoms with E-state index in [1.807, 2.05) is 0 Å². The molecule has 142 valence electrons. The van der Waals surface area contributed by atoms with Gasteiger partial charge in [-0.1, -0.05) is 19.3 Å². The van der Waals surface area contributed by atoms with Gasteiger partial charge in [0, 0.05) is 24.2 Å². The van der Waals surface area contributed by atoms with Crippen LogP contribution in [0.25, 0.3) is 0 Å². The van der Waals surface area contributed by atoms with Crippen LogP contribution >= 0.6 is 0 Å². The van der Waals surface area contributed by atoms with Gasteiger partial charge in [0.25, 0.3) is 11.8 Å². The second-order valence-electron chi connectivity index (χ2n) is 7.35. The summed E-state index contributed by atoms with van der Waals surface area (Å²) in [6.07, 6.45) is 5.37. The average Bonchev–Trinajstić information content (AvgIpc) is 3.20.